The van der Waals surface area contributed by atoms with Crippen molar-refractivity contribution in [3.05, 3.63) is 76.0 Å². The second-order valence-corrected chi connectivity index (χ2v) is 6.39. The van der Waals surface area contributed by atoms with Crippen molar-refractivity contribution in [1.82, 2.24) is 14.5 Å². The molecule has 7 nitrogen and oxygen atoms in total. The van der Waals surface area contributed by atoms with Crippen LogP contribution in [0.1, 0.15) is 41.6 Å². The van der Waals surface area contributed by atoms with Gasteiger partial charge in [0.05, 0.1) is 0 Å². The highest BCUT2D eigenvalue weighted by Gasteiger charge is 2.17. The highest BCUT2D eigenvalue weighted by Crippen LogP contribution is 2.22. The van der Waals surface area contributed by atoms with Crippen molar-refractivity contribution in [3.8, 4) is 23.1 Å². The zero-order valence-electron chi connectivity index (χ0n) is 15.5. The second kappa shape index (κ2) is 7.76. The molecule has 4 N–H and O–H groups in total. The summed E-state index contributed by atoms with van der Waals surface area (Å²) in [6, 6.07) is 12.4. The number of nitrogen functional groups attached to an aromatic ring is 1. The van der Waals surface area contributed by atoms with Gasteiger partial charge in [0.2, 0.25) is 0 Å². The van der Waals surface area contributed by atoms with Crippen molar-refractivity contribution in [2.45, 2.75) is 19.9 Å². The summed E-state index contributed by atoms with van der Waals surface area (Å²) in [7, 11) is 0. The SMILES string of the molecule is CC(C)n1cc(-c2nc(C(N)=O)c(N)nc2C#Cc2ccccc2)ccc1=O. The minimum Gasteiger partial charge on any atom is -0.382 e. The number of hydrogen-bond acceptors (Lipinski definition) is 5. The summed E-state index contributed by atoms with van der Waals surface area (Å²) in [4.78, 5) is 32.3. The molecule has 0 aliphatic carbocycles. The fourth-order valence-electron chi connectivity index (χ4n) is 2.62. The Morgan fingerprint density at radius 1 is 1.07 bits per heavy atom. The van der Waals surface area contributed by atoms with Gasteiger partial charge in [-0.25, -0.2) is 9.97 Å². The molecule has 2 aromatic heterocycles. The van der Waals surface area contributed by atoms with E-state index < -0.39 is 5.91 Å². The van der Waals surface area contributed by atoms with E-state index in [0.717, 1.165) is 5.56 Å². The molecule has 0 aliphatic rings. The van der Waals surface area contributed by atoms with Crippen molar-refractivity contribution in [3.63, 3.8) is 0 Å². The van der Waals surface area contributed by atoms with E-state index in [1.54, 1.807) is 16.8 Å². The first-order valence-corrected chi connectivity index (χ1v) is 8.63. The number of carbonyl (C=O) groups is 1. The van der Waals surface area contributed by atoms with Crippen LogP contribution < -0.4 is 17.0 Å². The van der Waals surface area contributed by atoms with Gasteiger partial charge in [-0.3, -0.25) is 9.59 Å². The third-order valence-electron chi connectivity index (χ3n) is 4.02. The first-order valence-electron chi connectivity index (χ1n) is 8.63. The van der Waals surface area contributed by atoms with Gasteiger partial charge in [0.25, 0.3) is 11.5 Å². The minimum absolute atomic E-state index is 0.0522. The van der Waals surface area contributed by atoms with Crippen LogP contribution in [0.5, 0.6) is 0 Å². The lowest BCUT2D eigenvalue weighted by molar-refractivity contribution is 0.0996. The number of pyridine rings is 1. The molecule has 0 saturated heterocycles. The topological polar surface area (TPSA) is 117 Å². The molecule has 0 fully saturated rings. The lowest BCUT2D eigenvalue weighted by Gasteiger charge is -2.13. The number of benzene rings is 1. The Balaban J connectivity index is 2.22. The van der Waals surface area contributed by atoms with Gasteiger partial charge >= 0.3 is 0 Å². The maximum atomic E-state index is 12.1. The molecule has 0 unspecified atom stereocenters. The molecular formula is C21H19N5O2. The highest BCUT2D eigenvalue weighted by molar-refractivity contribution is 5.95. The zero-order chi connectivity index (χ0) is 20.3. The normalized spacial score (nSPS) is 10.4. The van der Waals surface area contributed by atoms with Crippen molar-refractivity contribution in [1.29, 1.82) is 0 Å². The molecule has 0 aliphatic heterocycles. The van der Waals surface area contributed by atoms with Gasteiger partial charge in [0, 0.05) is 29.4 Å². The summed E-state index contributed by atoms with van der Waals surface area (Å²) in [6.45, 7) is 3.79. The molecule has 3 aromatic rings. The summed E-state index contributed by atoms with van der Waals surface area (Å²) < 4.78 is 1.56. The van der Waals surface area contributed by atoms with Crippen LogP contribution in [0.2, 0.25) is 0 Å². The van der Waals surface area contributed by atoms with Crippen LogP contribution in [-0.2, 0) is 0 Å². The number of amides is 1. The molecule has 0 bridgehead atoms. The second-order valence-electron chi connectivity index (χ2n) is 6.39. The number of rotatable bonds is 3. The number of hydrogen-bond donors (Lipinski definition) is 2. The lowest BCUT2D eigenvalue weighted by Crippen LogP contribution is -2.21. The summed E-state index contributed by atoms with van der Waals surface area (Å²) in [5.74, 6) is 5.08. The van der Waals surface area contributed by atoms with E-state index in [1.807, 2.05) is 44.2 Å². The van der Waals surface area contributed by atoms with E-state index in [0.29, 0.717) is 17.0 Å². The number of nitrogens with two attached hydrogens (primary N) is 2. The number of aromatic nitrogens is 3. The third kappa shape index (κ3) is 3.91. The summed E-state index contributed by atoms with van der Waals surface area (Å²) in [5, 5.41) is 0. The first-order chi connectivity index (χ1) is 13.4. The van der Waals surface area contributed by atoms with Gasteiger partial charge in [-0.05, 0) is 38.0 Å². The standard InChI is InChI=1S/C21H19N5O2/c1-13(2)26-12-15(9-11-17(26)27)18-16(10-8-14-6-4-3-5-7-14)24-20(22)19(25-18)21(23)28/h3-7,9,11-13H,1-2H3,(H2,22,24)(H2,23,28). The number of nitrogens with zero attached hydrogens (tertiary/aromatic N) is 3. The Bertz CT molecular complexity index is 1150. The maximum Gasteiger partial charge on any atom is 0.271 e. The summed E-state index contributed by atoms with van der Waals surface area (Å²) in [6.07, 6.45) is 1.66. The molecule has 3 rings (SSSR count). The average molecular weight is 373 g/mol. The van der Waals surface area contributed by atoms with Crippen LogP contribution in [0.3, 0.4) is 0 Å². The summed E-state index contributed by atoms with van der Waals surface area (Å²) >= 11 is 0. The lowest BCUT2D eigenvalue weighted by atomic mass is 10.1. The molecule has 140 valence electrons. The van der Waals surface area contributed by atoms with Crippen LogP contribution in [0.25, 0.3) is 11.3 Å². The number of primary amides is 1. The van der Waals surface area contributed by atoms with Gasteiger partial charge in [0.15, 0.2) is 11.5 Å². The molecule has 0 spiro atoms. The fraction of sp³-hybridized carbons (Fsp3) is 0.143. The predicted octanol–water partition coefficient (Wildman–Crippen LogP) is 1.97. The smallest absolute Gasteiger partial charge is 0.271 e. The molecular weight excluding hydrogens is 354 g/mol. The van der Waals surface area contributed by atoms with Gasteiger partial charge in [-0.2, -0.15) is 0 Å². The molecule has 28 heavy (non-hydrogen) atoms. The van der Waals surface area contributed by atoms with Crippen molar-refractivity contribution in [2.75, 3.05) is 5.73 Å². The largest absolute Gasteiger partial charge is 0.382 e. The fourth-order valence-corrected chi connectivity index (χ4v) is 2.62. The van der Waals surface area contributed by atoms with E-state index >= 15 is 0 Å². The Labute approximate surface area is 162 Å². The Hall–Kier alpha value is -3.92. The number of anilines is 1. The van der Waals surface area contributed by atoms with Crippen molar-refractivity contribution < 1.29 is 4.79 Å². The molecule has 0 atom stereocenters. The quantitative estimate of drug-likeness (QED) is 0.681. The third-order valence-corrected chi connectivity index (χ3v) is 4.02. The molecule has 0 saturated carbocycles. The van der Waals surface area contributed by atoms with Crippen LogP contribution >= 0.6 is 0 Å². The monoisotopic (exact) mass is 373 g/mol. The predicted molar refractivity (Wildman–Crippen MR) is 107 cm³/mol. The van der Waals surface area contributed by atoms with E-state index in [1.165, 1.54) is 6.07 Å². The van der Waals surface area contributed by atoms with E-state index in [-0.39, 0.29) is 23.1 Å². The molecule has 1 aromatic carbocycles. The van der Waals surface area contributed by atoms with E-state index in [2.05, 4.69) is 21.8 Å². The minimum atomic E-state index is -0.786. The van der Waals surface area contributed by atoms with Gasteiger partial charge in [-0.1, -0.05) is 24.1 Å². The summed E-state index contributed by atoms with van der Waals surface area (Å²) in [5.41, 5.74) is 12.9. The van der Waals surface area contributed by atoms with Gasteiger partial charge < -0.3 is 16.0 Å². The van der Waals surface area contributed by atoms with Crippen molar-refractivity contribution in [2.24, 2.45) is 5.73 Å². The molecule has 0 radical (unpaired) electrons. The van der Waals surface area contributed by atoms with Crippen LogP contribution in [-0.4, -0.2) is 20.4 Å². The maximum absolute atomic E-state index is 12.1. The van der Waals surface area contributed by atoms with Crippen LogP contribution in [0, 0.1) is 11.8 Å². The number of carbonyl (C=O) groups excluding carboxylic acids is 1. The Morgan fingerprint density at radius 3 is 2.43 bits per heavy atom. The van der Waals surface area contributed by atoms with Crippen LogP contribution in [0.4, 0.5) is 5.82 Å². The highest BCUT2D eigenvalue weighted by atomic mass is 16.1. The van der Waals surface area contributed by atoms with E-state index in [4.69, 9.17) is 11.5 Å². The zero-order valence-corrected chi connectivity index (χ0v) is 15.5. The average Bonchev–Trinajstić information content (AvgIpc) is 2.67. The Morgan fingerprint density at radius 2 is 1.79 bits per heavy atom. The Kier molecular flexibility index (Phi) is 5.23. The molecule has 7 heteroatoms. The van der Waals surface area contributed by atoms with Gasteiger partial charge in [-0.15, -0.1) is 0 Å². The van der Waals surface area contributed by atoms with E-state index in [9.17, 15) is 9.59 Å². The molecule has 1 amide bonds. The van der Waals surface area contributed by atoms with Crippen molar-refractivity contribution >= 4 is 11.7 Å². The first kappa shape index (κ1) is 18.9. The van der Waals surface area contributed by atoms with Crippen LogP contribution in [0.15, 0.2) is 53.5 Å². The van der Waals surface area contributed by atoms with Gasteiger partial charge in [0.1, 0.15) is 11.4 Å². The molecule has 2 heterocycles.